The van der Waals surface area contributed by atoms with Crippen molar-refractivity contribution in [3.63, 3.8) is 0 Å². The average molecular weight is 590 g/mol. The molecule has 5 rings (SSSR count). The number of benzene rings is 3. The van der Waals surface area contributed by atoms with Crippen molar-refractivity contribution in [3.8, 4) is 28.7 Å². The fourth-order valence-electron chi connectivity index (χ4n) is 4.15. The minimum atomic E-state index is 0.00925. The Labute approximate surface area is 222 Å². The SMILES string of the molecule is CC#C[C@@H](Cc1nn[nH]n1)c1ccc(OCc2ccc3sc(I)c(-c4ccccc4C)c3c2)cc1. The molecule has 2 heterocycles. The number of aryl methyl sites for hydroxylation is 1. The van der Waals surface area contributed by atoms with E-state index in [1.54, 1.807) is 0 Å². The van der Waals surface area contributed by atoms with Gasteiger partial charge in [0, 0.05) is 22.1 Å². The van der Waals surface area contributed by atoms with Crippen molar-refractivity contribution in [2.75, 3.05) is 0 Å². The van der Waals surface area contributed by atoms with Crippen molar-refractivity contribution in [1.82, 2.24) is 20.6 Å². The molecule has 2 aromatic heterocycles. The number of hydrogen-bond acceptors (Lipinski definition) is 5. The number of aromatic nitrogens is 4. The van der Waals surface area contributed by atoms with Gasteiger partial charge >= 0.3 is 0 Å². The van der Waals surface area contributed by atoms with Gasteiger partial charge in [-0.25, -0.2) is 0 Å². The van der Waals surface area contributed by atoms with Crippen LogP contribution in [0.15, 0.2) is 66.7 Å². The number of ether oxygens (including phenoxy) is 1. The van der Waals surface area contributed by atoms with E-state index in [9.17, 15) is 0 Å². The first kappa shape index (κ1) is 23.5. The van der Waals surface area contributed by atoms with E-state index < -0.39 is 0 Å². The minimum Gasteiger partial charge on any atom is -0.489 e. The maximum Gasteiger partial charge on any atom is 0.176 e. The van der Waals surface area contributed by atoms with Crippen LogP contribution in [0.1, 0.15) is 35.4 Å². The normalized spacial score (nSPS) is 11.7. The third-order valence-electron chi connectivity index (χ3n) is 5.91. The van der Waals surface area contributed by atoms with Crippen molar-refractivity contribution in [3.05, 3.63) is 92.1 Å². The maximum absolute atomic E-state index is 6.14. The first-order valence-electron chi connectivity index (χ1n) is 11.3. The molecule has 0 saturated carbocycles. The van der Waals surface area contributed by atoms with Crippen molar-refractivity contribution >= 4 is 44.0 Å². The van der Waals surface area contributed by atoms with Gasteiger partial charge in [-0.3, -0.25) is 0 Å². The molecule has 174 valence electrons. The van der Waals surface area contributed by atoms with E-state index in [4.69, 9.17) is 4.74 Å². The van der Waals surface area contributed by atoms with Gasteiger partial charge in [-0.15, -0.1) is 27.5 Å². The van der Waals surface area contributed by atoms with Gasteiger partial charge in [0.05, 0.1) is 8.80 Å². The first-order valence-corrected chi connectivity index (χ1v) is 13.2. The van der Waals surface area contributed by atoms with Crippen LogP contribution in [0.2, 0.25) is 0 Å². The number of aromatic amines is 1. The van der Waals surface area contributed by atoms with Gasteiger partial charge in [0.25, 0.3) is 0 Å². The summed E-state index contributed by atoms with van der Waals surface area (Å²) in [5, 5.41) is 15.5. The molecule has 0 unspecified atom stereocenters. The molecule has 0 bridgehead atoms. The average Bonchev–Trinajstić information content (AvgIpc) is 3.50. The predicted octanol–water partition coefficient (Wildman–Crippen LogP) is 6.92. The number of fused-ring (bicyclic) bond motifs is 1. The Morgan fingerprint density at radius 2 is 1.91 bits per heavy atom. The monoisotopic (exact) mass is 590 g/mol. The van der Waals surface area contributed by atoms with E-state index in [0.717, 1.165) is 16.9 Å². The second-order valence-corrected chi connectivity index (χ2v) is 11.1. The first-order chi connectivity index (χ1) is 17.1. The molecule has 5 nitrogen and oxygen atoms in total. The van der Waals surface area contributed by atoms with E-state index in [1.807, 2.05) is 30.4 Å². The van der Waals surface area contributed by atoms with E-state index in [2.05, 4.69) is 117 Å². The molecular formula is C28H23IN4OS. The largest absolute Gasteiger partial charge is 0.489 e. The third-order valence-corrected chi connectivity index (χ3v) is 8.07. The third kappa shape index (κ3) is 5.24. The molecule has 5 aromatic rings. The van der Waals surface area contributed by atoms with E-state index >= 15 is 0 Å². The summed E-state index contributed by atoms with van der Waals surface area (Å²) < 4.78 is 8.75. The lowest BCUT2D eigenvalue weighted by molar-refractivity contribution is 0.306. The van der Waals surface area contributed by atoms with Gasteiger partial charge in [-0.1, -0.05) is 53.6 Å². The number of nitrogens with zero attached hydrogens (tertiary/aromatic N) is 3. The van der Waals surface area contributed by atoms with Crippen LogP contribution in [-0.4, -0.2) is 20.6 Å². The van der Waals surface area contributed by atoms with E-state index in [-0.39, 0.29) is 5.92 Å². The quantitative estimate of drug-likeness (QED) is 0.165. The molecule has 1 N–H and O–H groups in total. The number of rotatable bonds is 7. The van der Waals surface area contributed by atoms with Crippen molar-refractivity contribution in [1.29, 1.82) is 0 Å². The molecule has 0 aliphatic rings. The molecular weight excluding hydrogens is 567 g/mol. The Morgan fingerprint density at radius 1 is 1.09 bits per heavy atom. The lowest BCUT2D eigenvalue weighted by Crippen LogP contribution is -2.03. The van der Waals surface area contributed by atoms with E-state index in [0.29, 0.717) is 18.9 Å². The highest BCUT2D eigenvalue weighted by Crippen LogP contribution is 2.41. The zero-order chi connectivity index (χ0) is 24.2. The molecule has 0 radical (unpaired) electrons. The fraction of sp³-hybridized carbons (Fsp3) is 0.179. The second-order valence-electron chi connectivity index (χ2n) is 8.23. The summed E-state index contributed by atoms with van der Waals surface area (Å²) in [6.07, 6.45) is 0.611. The van der Waals surface area contributed by atoms with Gasteiger partial charge < -0.3 is 4.74 Å². The van der Waals surface area contributed by atoms with Crippen molar-refractivity contribution in [2.24, 2.45) is 0 Å². The molecule has 7 heteroatoms. The highest BCUT2D eigenvalue weighted by atomic mass is 127. The predicted molar refractivity (Wildman–Crippen MR) is 150 cm³/mol. The Bertz CT molecular complexity index is 1510. The van der Waals surface area contributed by atoms with E-state index in [1.165, 1.54) is 29.7 Å². The van der Waals surface area contributed by atoms with Gasteiger partial charge in [0.1, 0.15) is 12.4 Å². The summed E-state index contributed by atoms with van der Waals surface area (Å²) in [5.74, 6) is 7.75. The number of halogens is 1. The summed E-state index contributed by atoms with van der Waals surface area (Å²) in [5.41, 5.74) is 6.16. The van der Waals surface area contributed by atoms with Crippen LogP contribution in [0.5, 0.6) is 5.75 Å². The molecule has 0 spiro atoms. The Morgan fingerprint density at radius 3 is 2.66 bits per heavy atom. The minimum absolute atomic E-state index is 0.00925. The van der Waals surface area contributed by atoms with Crippen LogP contribution in [0.4, 0.5) is 0 Å². The number of tetrazole rings is 1. The van der Waals surface area contributed by atoms with Gasteiger partial charge in [-0.05, 0) is 83.0 Å². The zero-order valence-corrected chi connectivity index (χ0v) is 22.4. The Hall–Kier alpha value is -3.22. The van der Waals surface area contributed by atoms with Crippen LogP contribution in [-0.2, 0) is 13.0 Å². The molecule has 0 saturated heterocycles. The van der Waals surface area contributed by atoms with Crippen LogP contribution in [0, 0.1) is 21.6 Å². The maximum atomic E-state index is 6.14. The molecule has 0 aliphatic carbocycles. The van der Waals surface area contributed by atoms with Gasteiger partial charge in [-0.2, -0.15) is 5.21 Å². The van der Waals surface area contributed by atoms with Crippen LogP contribution in [0.3, 0.4) is 0 Å². The number of hydrogen-bond donors (Lipinski definition) is 1. The summed E-state index contributed by atoms with van der Waals surface area (Å²) in [4.78, 5) is 0. The number of nitrogens with one attached hydrogen (secondary N) is 1. The smallest absolute Gasteiger partial charge is 0.176 e. The lowest BCUT2D eigenvalue weighted by atomic mass is 9.96. The molecule has 0 fully saturated rings. The molecule has 1 atom stereocenters. The summed E-state index contributed by atoms with van der Waals surface area (Å²) >= 11 is 4.30. The zero-order valence-electron chi connectivity index (χ0n) is 19.4. The highest BCUT2D eigenvalue weighted by Gasteiger charge is 2.15. The molecule has 3 aromatic carbocycles. The Kier molecular flexibility index (Phi) is 7.11. The van der Waals surface area contributed by atoms with Gasteiger partial charge in [0.2, 0.25) is 0 Å². The summed E-state index contributed by atoms with van der Waals surface area (Å²) in [6.45, 7) is 4.52. The fourth-order valence-corrected chi connectivity index (χ4v) is 6.36. The highest BCUT2D eigenvalue weighted by molar-refractivity contribution is 14.1. The molecule has 35 heavy (non-hydrogen) atoms. The van der Waals surface area contributed by atoms with Gasteiger partial charge in [0.15, 0.2) is 5.82 Å². The second kappa shape index (κ2) is 10.6. The number of thiophene rings is 1. The number of H-pyrrole nitrogens is 1. The van der Waals surface area contributed by atoms with Crippen molar-refractivity contribution < 1.29 is 4.74 Å². The van der Waals surface area contributed by atoms with Crippen molar-refractivity contribution in [2.45, 2.75) is 32.8 Å². The lowest BCUT2D eigenvalue weighted by Gasteiger charge is -2.11. The van der Waals surface area contributed by atoms with Crippen LogP contribution in [0.25, 0.3) is 21.2 Å². The molecule has 0 amide bonds. The standard InChI is InChI=1S/C28H23IN4OS/c1-3-6-21(16-26-30-32-33-31-26)20-10-12-22(13-11-20)34-17-19-9-14-25-24(15-19)27(28(29)35-25)23-8-5-4-7-18(23)2/h4-5,7-15,21H,16-17H2,1-2H3,(H,30,31,32,33)/t21-/m0/s1. The Balaban J connectivity index is 1.33. The summed E-state index contributed by atoms with van der Waals surface area (Å²) in [6, 6.07) is 23.3. The topological polar surface area (TPSA) is 63.7 Å². The summed E-state index contributed by atoms with van der Waals surface area (Å²) in [7, 11) is 0. The van der Waals surface area contributed by atoms with Crippen LogP contribution < -0.4 is 4.74 Å². The molecule has 0 aliphatic heterocycles. The van der Waals surface area contributed by atoms with Crippen LogP contribution >= 0.6 is 33.9 Å².